The van der Waals surface area contributed by atoms with Gasteiger partial charge in [-0.25, -0.2) is 13.2 Å². The van der Waals surface area contributed by atoms with Crippen LogP contribution >= 0.6 is 11.6 Å². The predicted octanol–water partition coefficient (Wildman–Crippen LogP) is 7.54. The smallest absolute Gasteiger partial charge is 0.145 e. The molecule has 0 spiro atoms. The first-order valence-corrected chi connectivity index (χ1v) is 9.82. The van der Waals surface area contributed by atoms with Crippen LogP contribution in [0.2, 0.25) is 5.02 Å². The van der Waals surface area contributed by atoms with Crippen LogP contribution in [0.5, 0.6) is 0 Å². The fraction of sp³-hybridized carbons (Fsp3) is 0.0769. The Hall–Kier alpha value is -3.22. The lowest BCUT2D eigenvalue weighted by molar-refractivity contribution is 0.584. The molecule has 0 aliphatic rings. The maximum atomic E-state index is 15.1. The van der Waals surface area contributed by atoms with Crippen LogP contribution in [-0.2, 0) is 6.42 Å². The van der Waals surface area contributed by atoms with E-state index in [4.69, 9.17) is 11.6 Å². The van der Waals surface area contributed by atoms with Gasteiger partial charge in [0.25, 0.3) is 0 Å². The van der Waals surface area contributed by atoms with Gasteiger partial charge in [-0.05, 0) is 59.3 Å². The lowest BCUT2D eigenvalue weighted by atomic mass is 9.98. The first-order valence-electron chi connectivity index (χ1n) is 9.44. The summed E-state index contributed by atoms with van der Waals surface area (Å²) in [5.41, 5.74) is 3.09. The Kier molecular flexibility index (Phi) is 5.53. The van der Waals surface area contributed by atoms with Crippen LogP contribution in [0.15, 0.2) is 66.7 Å². The van der Waals surface area contributed by atoms with Crippen molar-refractivity contribution in [1.29, 1.82) is 0 Å². The van der Waals surface area contributed by atoms with Crippen LogP contribution in [-0.4, -0.2) is 0 Å². The maximum absolute atomic E-state index is 15.1. The third-order valence-electron chi connectivity index (χ3n) is 4.96. The van der Waals surface area contributed by atoms with Crippen molar-refractivity contribution >= 4 is 22.4 Å². The first-order chi connectivity index (χ1) is 14.5. The Bertz CT molecular complexity index is 1290. The van der Waals surface area contributed by atoms with Gasteiger partial charge in [0.15, 0.2) is 0 Å². The Morgan fingerprint density at radius 3 is 2.07 bits per heavy atom. The molecule has 0 atom stereocenters. The van der Waals surface area contributed by atoms with Crippen LogP contribution in [0.3, 0.4) is 0 Å². The van der Waals surface area contributed by atoms with Gasteiger partial charge in [-0.15, -0.1) is 0 Å². The number of benzene rings is 4. The third-order valence-corrected chi connectivity index (χ3v) is 5.32. The fourth-order valence-electron chi connectivity index (χ4n) is 3.27. The van der Waals surface area contributed by atoms with E-state index in [9.17, 15) is 8.78 Å². The topological polar surface area (TPSA) is 0 Å². The summed E-state index contributed by atoms with van der Waals surface area (Å²) in [7, 11) is 0. The molecule has 0 aromatic heterocycles. The van der Waals surface area contributed by atoms with E-state index < -0.39 is 22.5 Å². The molecule has 0 bridgehead atoms. The minimum atomic E-state index is -0.927. The van der Waals surface area contributed by atoms with Crippen LogP contribution in [0.4, 0.5) is 13.2 Å². The van der Waals surface area contributed by atoms with Crippen LogP contribution in [0, 0.1) is 29.3 Å². The highest BCUT2D eigenvalue weighted by molar-refractivity contribution is 6.31. The highest BCUT2D eigenvalue weighted by Gasteiger charge is 2.14. The van der Waals surface area contributed by atoms with Crippen molar-refractivity contribution in [2.45, 2.75) is 13.3 Å². The molecule has 0 amide bonds. The van der Waals surface area contributed by atoms with Gasteiger partial charge in [-0.1, -0.05) is 60.7 Å². The SMILES string of the molecule is CCc1ccc(C#Cc2ccc3c(F)c(-c4cc(F)c(Cl)c(F)c4)ccc3c2)cc1. The number of fused-ring (bicyclic) bond motifs is 1. The monoisotopic (exact) mass is 420 g/mol. The molecule has 0 nitrogen and oxygen atoms in total. The number of aryl methyl sites for hydroxylation is 1. The molecular weight excluding hydrogens is 405 g/mol. The van der Waals surface area contributed by atoms with Crippen molar-refractivity contribution in [3.05, 3.63) is 106 Å². The lowest BCUT2D eigenvalue weighted by Gasteiger charge is -2.09. The summed E-state index contributed by atoms with van der Waals surface area (Å²) >= 11 is 5.52. The zero-order valence-corrected chi connectivity index (χ0v) is 16.8. The van der Waals surface area contributed by atoms with Gasteiger partial charge in [-0.3, -0.25) is 0 Å². The van der Waals surface area contributed by atoms with E-state index in [0.29, 0.717) is 10.8 Å². The van der Waals surface area contributed by atoms with Gasteiger partial charge in [0.1, 0.15) is 22.5 Å². The molecule has 0 saturated carbocycles. The molecule has 0 unspecified atom stereocenters. The van der Waals surface area contributed by atoms with Gasteiger partial charge in [0, 0.05) is 22.1 Å². The average Bonchev–Trinajstić information content (AvgIpc) is 2.76. The minimum Gasteiger partial charge on any atom is -0.206 e. The van der Waals surface area contributed by atoms with Crippen LogP contribution in [0.25, 0.3) is 21.9 Å². The Morgan fingerprint density at radius 1 is 0.767 bits per heavy atom. The maximum Gasteiger partial charge on any atom is 0.145 e. The fourth-order valence-corrected chi connectivity index (χ4v) is 3.38. The molecule has 0 aliphatic carbocycles. The number of hydrogen-bond acceptors (Lipinski definition) is 0. The highest BCUT2D eigenvalue weighted by atomic mass is 35.5. The van der Waals surface area contributed by atoms with Gasteiger partial charge >= 0.3 is 0 Å². The zero-order valence-electron chi connectivity index (χ0n) is 16.1. The quantitative estimate of drug-likeness (QED) is 0.232. The predicted molar refractivity (Wildman–Crippen MR) is 116 cm³/mol. The van der Waals surface area contributed by atoms with Crippen molar-refractivity contribution < 1.29 is 13.2 Å². The van der Waals surface area contributed by atoms with Gasteiger partial charge < -0.3 is 0 Å². The second kappa shape index (κ2) is 8.26. The third kappa shape index (κ3) is 3.92. The molecule has 0 fully saturated rings. The number of hydrogen-bond donors (Lipinski definition) is 0. The van der Waals surface area contributed by atoms with Crippen molar-refractivity contribution in [2.75, 3.05) is 0 Å². The summed E-state index contributed by atoms with van der Waals surface area (Å²) in [6.07, 6.45) is 0.973. The summed E-state index contributed by atoms with van der Waals surface area (Å²) < 4.78 is 42.6. The van der Waals surface area contributed by atoms with Crippen molar-refractivity contribution in [2.24, 2.45) is 0 Å². The normalized spacial score (nSPS) is 10.7. The molecule has 0 N–H and O–H groups in total. The summed E-state index contributed by atoms with van der Waals surface area (Å²) in [5.74, 6) is 3.79. The van der Waals surface area contributed by atoms with E-state index >= 15 is 4.39 Å². The Balaban J connectivity index is 1.70. The molecule has 4 aromatic carbocycles. The second-order valence-electron chi connectivity index (χ2n) is 6.92. The summed E-state index contributed by atoms with van der Waals surface area (Å²) in [6.45, 7) is 2.10. The Morgan fingerprint density at radius 2 is 1.40 bits per heavy atom. The van der Waals surface area contributed by atoms with E-state index in [-0.39, 0.29) is 11.1 Å². The molecule has 0 aliphatic heterocycles. The van der Waals surface area contributed by atoms with E-state index in [1.807, 2.05) is 24.3 Å². The first kappa shape index (κ1) is 20.1. The van der Waals surface area contributed by atoms with Gasteiger partial charge in [0.05, 0.1) is 0 Å². The van der Waals surface area contributed by atoms with E-state index in [2.05, 4.69) is 18.8 Å². The van der Waals surface area contributed by atoms with Crippen LogP contribution < -0.4 is 0 Å². The van der Waals surface area contributed by atoms with Crippen molar-refractivity contribution in [3.8, 4) is 23.0 Å². The minimum absolute atomic E-state index is 0.0909. The molecule has 30 heavy (non-hydrogen) atoms. The molecule has 4 rings (SSSR count). The highest BCUT2D eigenvalue weighted by Crippen LogP contribution is 2.32. The van der Waals surface area contributed by atoms with E-state index in [0.717, 1.165) is 29.7 Å². The number of rotatable bonds is 2. The largest absolute Gasteiger partial charge is 0.206 e. The van der Waals surface area contributed by atoms with Crippen molar-refractivity contribution in [1.82, 2.24) is 0 Å². The van der Waals surface area contributed by atoms with E-state index in [1.54, 1.807) is 24.3 Å². The molecule has 0 heterocycles. The zero-order chi connectivity index (χ0) is 21.3. The Labute approximate surface area is 177 Å². The standard InChI is InChI=1S/C26H16ClF3/c1-2-16-3-5-17(6-4-16)7-8-18-9-11-21-19(13-18)10-12-22(26(21)30)20-14-23(28)25(27)24(29)15-20/h3-6,9-15H,2H2,1H3. The molecule has 148 valence electrons. The molecule has 0 saturated heterocycles. The summed E-state index contributed by atoms with van der Waals surface area (Å²) in [6, 6.07) is 18.4. The number of halogens is 4. The van der Waals surface area contributed by atoms with E-state index in [1.165, 1.54) is 11.6 Å². The lowest BCUT2D eigenvalue weighted by Crippen LogP contribution is -1.91. The average molecular weight is 421 g/mol. The molecule has 4 aromatic rings. The molecule has 0 radical (unpaired) electrons. The van der Waals surface area contributed by atoms with Crippen LogP contribution in [0.1, 0.15) is 23.6 Å². The van der Waals surface area contributed by atoms with Gasteiger partial charge in [-0.2, -0.15) is 0 Å². The molecular formula is C26H16ClF3. The van der Waals surface area contributed by atoms with Gasteiger partial charge in [0.2, 0.25) is 0 Å². The second-order valence-corrected chi connectivity index (χ2v) is 7.30. The van der Waals surface area contributed by atoms with Crippen molar-refractivity contribution in [3.63, 3.8) is 0 Å². The summed E-state index contributed by atoms with van der Waals surface area (Å²) in [4.78, 5) is 0. The summed E-state index contributed by atoms with van der Waals surface area (Å²) in [5, 5.41) is 0.396. The molecule has 4 heteroatoms.